The third-order valence-electron chi connectivity index (χ3n) is 1.18. The number of rotatable bonds is 2. The van der Waals surface area contributed by atoms with Gasteiger partial charge in [-0.15, -0.1) is 0 Å². The zero-order valence-corrected chi connectivity index (χ0v) is 7.46. The molecule has 0 spiro atoms. The summed E-state index contributed by atoms with van der Waals surface area (Å²) < 4.78 is 5.68. The molecule has 0 aliphatic rings. The lowest BCUT2D eigenvalue weighted by Gasteiger charge is -2.01. The van der Waals surface area contributed by atoms with Gasteiger partial charge in [0, 0.05) is 12.3 Å². The molecule has 0 fully saturated rings. The van der Waals surface area contributed by atoms with E-state index in [1.165, 1.54) is 13.3 Å². The molecule has 0 aliphatic carbocycles. The topological polar surface area (TPSA) is 39.2 Å². The van der Waals surface area contributed by atoms with Crippen LogP contribution in [0, 0.1) is 0 Å². The number of methoxy groups -OCH3 is 1. The molecule has 0 N–H and O–H groups in total. The molecule has 1 aromatic rings. The number of carbonyl (C=O) groups is 1. The summed E-state index contributed by atoms with van der Waals surface area (Å²) in [5, 5.41) is 0. The van der Waals surface area contributed by atoms with Crippen molar-refractivity contribution in [3.8, 4) is 5.75 Å². The van der Waals surface area contributed by atoms with Crippen molar-refractivity contribution < 1.29 is 9.53 Å². The first-order chi connectivity index (χ1) is 5.27. The number of nitrogens with zero attached hydrogens (tertiary/aromatic N) is 1. The number of ether oxygens (including phenoxy) is 1. The van der Waals surface area contributed by atoms with E-state index >= 15 is 0 Å². The number of aldehydes is 1. The average Bonchev–Trinajstić information content (AvgIpc) is 2.05. The standard InChI is InChI=1S/C7H6BrNO2/c1-11-7-2-5(4-10)9-3-6(7)8/h2-4H,1H3. The van der Waals surface area contributed by atoms with Crippen molar-refractivity contribution >= 4 is 22.2 Å². The second-order valence-corrected chi connectivity index (χ2v) is 2.72. The van der Waals surface area contributed by atoms with E-state index in [1.54, 1.807) is 6.07 Å². The molecule has 0 atom stereocenters. The van der Waals surface area contributed by atoms with Gasteiger partial charge in [0.2, 0.25) is 0 Å². The van der Waals surface area contributed by atoms with Gasteiger partial charge >= 0.3 is 0 Å². The van der Waals surface area contributed by atoms with Crippen LogP contribution in [0.3, 0.4) is 0 Å². The number of aromatic nitrogens is 1. The van der Waals surface area contributed by atoms with Gasteiger partial charge < -0.3 is 4.74 Å². The van der Waals surface area contributed by atoms with Gasteiger partial charge in [-0.05, 0) is 15.9 Å². The van der Waals surface area contributed by atoms with E-state index in [2.05, 4.69) is 20.9 Å². The SMILES string of the molecule is COc1cc(C=O)ncc1Br. The summed E-state index contributed by atoms with van der Waals surface area (Å²) in [5.41, 5.74) is 0.366. The fourth-order valence-electron chi connectivity index (χ4n) is 0.656. The first kappa shape index (κ1) is 8.20. The molecular weight excluding hydrogens is 210 g/mol. The van der Waals surface area contributed by atoms with Crippen molar-refractivity contribution in [1.82, 2.24) is 4.98 Å². The first-order valence-corrected chi connectivity index (χ1v) is 3.72. The van der Waals surface area contributed by atoms with E-state index < -0.39 is 0 Å². The van der Waals surface area contributed by atoms with Gasteiger partial charge in [0.25, 0.3) is 0 Å². The van der Waals surface area contributed by atoms with E-state index in [1.807, 2.05) is 0 Å². The van der Waals surface area contributed by atoms with Gasteiger partial charge in [-0.1, -0.05) is 0 Å². The van der Waals surface area contributed by atoms with E-state index in [0.29, 0.717) is 17.7 Å². The van der Waals surface area contributed by atoms with E-state index in [9.17, 15) is 4.79 Å². The summed E-state index contributed by atoms with van der Waals surface area (Å²) in [4.78, 5) is 14.1. The number of hydrogen-bond acceptors (Lipinski definition) is 3. The Morgan fingerprint density at radius 3 is 3.00 bits per heavy atom. The Bertz CT molecular complexity index is 275. The van der Waals surface area contributed by atoms with Crippen molar-refractivity contribution in [2.45, 2.75) is 0 Å². The van der Waals surface area contributed by atoms with Crippen LogP contribution >= 0.6 is 15.9 Å². The monoisotopic (exact) mass is 215 g/mol. The zero-order chi connectivity index (χ0) is 8.27. The Morgan fingerprint density at radius 2 is 2.45 bits per heavy atom. The van der Waals surface area contributed by atoms with Crippen molar-refractivity contribution in [1.29, 1.82) is 0 Å². The molecule has 0 bridgehead atoms. The third-order valence-corrected chi connectivity index (χ3v) is 1.78. The minimum Gasteiger partial charge on any atom is -0.495 e. The summed E-state index contributed by atoms with van der Waals surface area (Å²) in [6.45, 7) is 0. The molecule has 0 aliphatic heterocycles. The Labute approximate surface area is 72.5 Å². The fourth-order valence-corrected chi connectivity index (χ4v) is 1.03. The fraction of sp³-hybridized carbons (Fsp3) is 0.143. The molecule has 0 saturated heterocycles. The second-order valence-electron chi connectivity index (χ2n) is 1.86. The highest BCUT2D eigenvalue weighted by Crippen LogP contribution is 2.23. The maximum Gasteiger partial charge on any atom is 0.168 e. The van der Waals surface area contributed by atoms with E-state index in [0.717, 1.165) is 4.47 Å². The van der Waals surface area contributed by atoms with Crippen LogP contribution < -0.4 is 4.74 Å². The van der Waals surface area contributed by atoms with Gasteiger partial charge in [0.1, 0.15) is 11.4 Å². The number of hydrogen-bond donors (Lipinski definition) is 0. The smallest absolute Gasteiger partial charge is 0.168 e. The summed E-state index contributed by atoms with van der Waals surface area (Å²) in [7, 11) is 1.54. The number of carbonyl (C=O) groups excluding carboxylic acids is 1. The largest absolute Gasteiger partial charge is 0.495 e. The third kappa shape index (κ3) is 1.77. The van der Waals surface area contributed by atoms with Crippen LogP contribution in [0.15, 0.2) is 16.7 Å². The highest BCUT2D eigenvalue weighted by atomic mass is 79.9. The highest BCUT2D eigenvalue weighted by molar-refractivity contribution is 9.10. The summed E-state index contributed by atoms with van der Waals surface area (Å²) in [5.74, 6) is 0.613. The molecule has 4 heteroatoms. The van der Waals surface area contributed by atoms with Crippen LogP contribution in [-0.4, -0.2) is 18.4 Å². The van der Waals surface area contributed by atoms with Crippen LogP contribution in [0.4, 0.5) is 0 Å². The van der Waals surface area contributed by atoms with E-state index in [-0.39, 0.29) is 0 Å². The highest BCUT2D eigenvalue weighted by Gasteiger charge is 2.00. The molecule has 1 rings (SSSR count). The van der Waals surface area contributed by atoms with Gasteiger partial charge in [0.15, 0.2) is 6.29 Å². The molecule has 0 radical (unpaired) electrons. The lowest BCUT2D eigenvalue weighted by Crippen LogP contribution is -1.90. The zero-order valence-electron chi connectivity index (χ0n) is 5.87. The number of halogens is 1. The predicted octanol–water partition coefficient (Wildman–Crippen LogP) is 1.67. The quantitative estimate of drug-likeness (QED) is 0.705. The molecule has 0 saturated carbocycles. The van der Waals surface area contributed by atoms with Crippen molar-refractivity contribution in [2.24, 2.45) is 0 Å². The maximum atomic E-state index is 10.3. The predicted molar refractivity (Wildman–Crippen MR) is 43.9 cm³/mol. The lowest BCUT2D eigenvalue weighted by molar-refractivity contribution is 0.111. The maximum absolute atomic E-state index is 10.3. The molecule has 1 aromatic heterocycles. The first-order valence-electron chi connectivity index (χ1n) is 2.92. The minimum absolute atomic E-state index is 0.366. The normalized spacial score (nSPS) is 9.27. The molecule has 11 heavy (non-hydrogen) atoms. The molecular formula is C7H6BrNO2. The van der Waals surface area contributed by atoms with Crippen LogP contribution in [0.5, 0.6) is 5.75 Å². The van der Waals surface area contributed by atoms with Crippen molar-refractivity contribution in [3.05, 3.63) is 22.4 Å². The second kappa shape index (κ2) is 3.48. The lowest BCUT2D eigenvalue weighted by atomic mass is 10.3. The molecule has 58 valence electrons. The van der Waals surface area contributed by atoms with Crippen LogP contribution in [0.25, 0.3) is 0 Å². The Hall–Kier alpha value is -0.900. The molecule has 1 heterocycles. The van der Waals surface area contributed by atoms with Crippen molar-refractivity contribution in [3.63, 3.8) is 0 Å². The van der Waals surface area contributed by atoms with Crippen molar-refractivity contribution in [2.75, 3.05) is 7.11 Å². The van der Waals surface area contributed by atoms with Gasteiger partial charge in [-0.2, -0.15) is 0 Å². The summed E-state index contributed by atoms with van der Waals surface area (Å²) >= 11 is 3.22. The van der Waals surface area contributed by atoms with Gasteiger partial charge in [-0.3, -0.25) is 9.78 Å². The number of pyridine rings is 1. The van der Waals surface area contributed by atoms with E-state index in [4.69, 9.17) is 4.74 Å². The summed E-state index contributed by atoms with van der Waals surface area (Å²) in [6.07, 6.45) is 2.21. The Kier molecular flexibility index (Phi) is 2.59. The molecule has 3 nitrogen and oxygen atoms in total. The Balaban J connectivity index is 3.12. The van der Waals surface area contributed by atoms with Crippen LogP contribution in [0.2, 0.25) is 0 Å². The molecule has 0 unspecified atom stereocenters. The summed E-state index contributed by atoms with van der Waals surface area (Å²) in [6, 6.07) is 1.57. The minimum atomic E-state index is 0.366. The average molecular weight is 216 g/mol. The van der Waals surface area contributed by atoms with Gasteiger partial charge in [-0.25, -0.2) is 0 Å². The molecule has 0 aromatic carbocycles. The molecule has 0 amide bonds. The van der Waals surface area contributed by atoms with Gasteiger partial charge in [0.05, 0.1) is 11.6 Å². The van der Waals surface area contributed by atoms with Crippen LogP contribution in [0.1, 0.15) is 10.5 Å². The van der Waals surface area contributed by atoms with Crippen LogP contribution in [-0.2, 0) is 0 Å². The Morgan fingerprint density at radius 1 is 1.73 bits per heavy atom.